The van der Waals surface area contributed by atoms with Crippen LogP contribution in [0.25, 0.3) is 0 Å². The van der Waals surface area contributed by atoms with E-state index in [1.54, 1.807) is 6.92 Å². The van der Waals surface area contributed by atoms with Crippen LogP contribution in [-0.2, 0) is 32.1 Å². The molecule has 3 rings (SSSR count). The van der Waals surface area contributed by atoms with Crippen LogP contribution in [0.2, 0.25) is 0 Å². The summed E-state index contributed by atoms with van der Waals surface area (Å²) in [5.74, 6) is -0.665. The van der Waals surface area contributed by atoms with Crippen molar-refractivity contribution in [2.24, 2.45) is 5.92 Å². The zero-order chi connectivity index (χ0) is 27.2. The minimum atomic E-state index is -0.560. The van der Waals surface area contributed by atoms with E-state index in [2.05, 4.69) is 10.6 Å². The molecule has 0 saturated carbocycles. The molecule has 0 saturated heterocycles. The van der Waals surface area contributed by atoms with Crippen molar-refractivity contribution >= 4 is 17.8 Å². The molecule has 0 spiro atoms. The van der Waals surface area contributed by atoms with Gasteiger partial charge in [-0.3, -0.25) is 14.4 Å². The number of rotatable bonds is 9. The lowest BCUT2D eigenvalue weighted by atomic mass is 9.98. The van der Waals surface area contributed by atoms with Crippen molar-refractivity contribution in [3.05, 3.63) is 77.9 Å². The van der Waals surface area contributed by atoms with E-state index in [4.69, 9.17) is 9.47 Å². The Bertz CT molecular complexity index is 1050. The van der Waals surface area contributed by atoms with Gasteiger partial charge < -0.3 is 25.2 Å². The summed E-state index contributed by atoms with van der Waals surface area (Å²) in [4.78, 5) is 37.4. The largest absolute Gasteiger partial charge is 0.489 e. The molecule has 0 fully saturated rings. The predicted molar refractivity (Wildman–Crippen MR) is 144 cm³/mol. The van der Waals surface area contributed by atoms with E-state index in [0.717, 1.165) is 16.9 Å². The maximum atomic E-state index is 12.8. The van der Waals surface area contributed by atoms with Gasteiger partial charge in [-0.05, 0) is 55.9 Å². The molecular weight excluding hydrogens is 484 g/mol. The molecule has 8 heteroatoms. The highest BCUT2D eigenvalue weighted by atomic mass is 16.5. The van der Waals surface area contributed by atoms with Gasteiger partial charge in [0.15, 0.2) is 0 Å². The van der Waals surface area contributed by atoms with Gasteiger partial charge in [-0.1, -0.05) is 54.6 Å². The Morgan fingerprint density at radius 3 is 2.61 bits per heavy atom. The Balaban J connectivity index is 1.51. The lowest BCUT2D eigenvalue weighted by Gasteiger charge is -2.20. The van der Waals surface area contributed by atoms with Gasteiger partial charge in [-0.2, -0.15) is 0 Å². The van der Waals surface area contributed by atoms with Crippen molar-refractivity contribution in [3.8, 4) is 5.75 Å². The molecule has 38 heavy (non-hydrogen) atoms. The molecule has 1 heterocycles. The van der Waals surface area contributed by atoms with E-state index in [0.29, 0.717) is 38.7 Å². The van der Waals surface area contributed by atoms with Crippen LogP contribution in [0.4, 0.5) is 0 Å². The average molecular weight is 523 g/mol. The molecule has 1 aliphatic heterocycles. The highest BCUT2D eigenvalue weighted by Gasteiger charge is 2.23. The third-order valence-corrected chi connectivity index (χ3v) is 6.28. The summed E-state index contributed by atoms with van der Waals surface area (Å²) < 4.78 is 11.1. The molecule has 2 aromatic carbocycles. The van der Waals surface area contributed by atoms with Crippen molar-refractivity contribution in [1.82, 2.24) is 10.6 Å². The van der Waals surface area contributed by atoms with Crippen LogP contribution in [-0.4, -0.2) is 48.2 Å². The first-order chi connectivity index (χ1) is 18.4. The number of esters is 1. The molecular formula is C30H38N2O6. The number of aliphatic hydroxyl groups excluding tert-OH is 1. The molecule has 3 N–H and O–H groups in total. The monoisotopic (exact) mass is 522 g/mol. The van der Waals surface area contributed by atoms with Crippen molar-refractivity contribution < 1.29 is 29.0 Å². The number of hydrogen-bond donors (Lipinski definition) is 3. The summed E-state index contributed by atoms with van der Waals surface area (Å²) in [5.41, 5.74) is 2.03. The van der Waals surface area contributed by atoms with Gasteiger partial charge >= 0.3 is 5.97 Å². The Morgan fingerprint density at radius 2 is 1.87 bits per heavy atom. The number of aliphatic hydroxyl groups is 1. The van der Waals surface area contributed by atoms with Gasteiger partial charge in [0.25, 0.3) is 0 Å². The zero-order valence-corrected chi connectivity index (χ0v) is 21.9. The standard InChI is InChI=1S/C30H38N2O6/c1-22-19-31-30(36)25(11-7-2-3-8-12-29(35)38-22)18-28(34)32-26(20-33)17-23-13-15-27(16-14-23)37-21-24-9-5-4-6-10-24/h2,4-7,9-10,13-16,22,25-26,33H,3,8,11-12,17-21H2,1H3,(H,31,36)(H,32,34)/t22-,25+,26-/m0/s1. The van der Waals surface area contributed by atoms with Gasteiger partial charge in [-0.25, -0.2) is 0 Å². The number of carbonyl (C=O) groups excluding carboxylic acids is 3. The fourth-order valence-electron chi connectivity index (χ4n) is 4.16. The molecule has 8 nitrogen and oxygen atoms in total. The SMILES string of the molecule is C[C@H]1CNC(=O)[C@@H](CC(=O)N[C@H](CO)Cc2ccc(OCc3ccccc3)cc2)CC=CCCCC(=O)O1. The number of cyclic esters (lactones) is 1. The zero-order valence-electron chi connectivity index (χ0n) is 21.9. The number of carbonyl (C=O) groups is 3. The maximum Gasteiger partial charge on any atom is 0.306 e. The van der Waals surface area contributed by atoms with Gasteiger partial charge in [0.1, 0.15) is 18.5 Å². The first-order valence-electron chi connectivity index (χ1n) is 13.2. The number of amides is 2. The molecule has 2 amide bonds. The quantitative estimate of drug-likeness (QED) is 0.343. The molecule has 0 aliphatic carbocycles. The van der Waals surface area contributed by atoms with E-state index in [-0.39, 0.29) is 37.4 Å². The first kappa shape index (κ1) is 28.9. The van der Waals surface area contributed by atoms with E-state index in [1.165, 1.54) is 0 Å². The highest BCUT2D eigenvalue weighted by Crippen LogP contribution is 2.16. The van der Waals surface area contributed by atoms with Gasteiger partial charge in [0.05, 0.1) is 25.1 Å². The van der Waals surface area contributed by atoms with Crippen LogP contribution in [0.5, 0.6) is 5.75 Å². The van der Waals surface area contributed by atoms with Crippen molar-refractivity contribution in [2.45, 2.75) is 64.2 Å². The molecule has 0 unspecified atom stereocenters. The number of benzene rings is 2. The number of nitrogens with one attached hydrogen (secondary N) is 2. The lowest BCUT2D eigenvalue weighted by Crippen LogP contribution is -2.42. The predicted octanol–water partition coefficient (Wildman–Crippen LogP) is 3.47. The molecule has 204 valence electrons. The van der Waals surface area contributed by atoms with E-state index >= 15 is 0 Å². The summed E-state index contributed by atoms with van der Waals surface area (Å²) in [6, 6.07) is 17.0. The van der Waals surface area contributed by atoms with E-state index in [1.807, 2.05) is 66.7 Å². The Kier molecular flexibility index (Phi) is 11.8. The van der Waals surface area contributed by atoms with Crippen LogP contribution in [0.15, 0.2) is 66.7 Å². The smallest absolute Gasteiger partial charge is 0.306 e. The van der Waals surface area contributed by atoms with E-state index in [9.17, 15) is 19.5 Å². The van der Waals surface area contributed by atoms with Crippen LogP contribution in [0.3, 0.4) is 0 Å². The fourth-order valence-corrected chi connectivity index (χ4v) is 4.16. The van der Waals surface area contributed by atoms with Gasteiger partial charge in [0, 0.05) is 12.8 Å². The van der Waals surface area contributed by atoms with Crippen molar-refractivity contribution in [1.29, 1.82) is 0 Å². The minimum Gasteiger partial charge on any atom is -0.489 e. The average Bonchev–Trinajstić information content (AvgIpc) is 2.93. The van der Waals surface area contributed by atoms with Crippen molar-refractivity contribution in [2.75, 3.05) is 13.2 Å². The molecule has 2 aromatic rings. The normalized spacial score (nSPS) is 19.6. The van der Waals surface area contributed by atoms with Gasteiger partial charge in [-0.15, -0.1) is 0 Å². The number of ether oxygens (including phenoxy) is 2. The molecule has 0 aromatic heterocycles. The second-order valence-electron chi connectivity index (χ2n) is 9.62. The lowest BCUT2D eigenvalue weighted by molar-refractivity contribution is -0.148. The Labute approximate surface area is 224 Å². The summed E-state index contributed by atoms with van der Waals surface area (Å²) >= 11 is 0. The topological polar surface area (TPSA) is 114 Å². The maximum absolute atomic E-state index is 12.8. The van der Waals surface area contributed by atoms with Crippen LogP contribution < -0.4 is 15.4 Å². The second kappa shape index (κ2) is 15.6. The van der Waals surface area contributed by atoms with Gasteiger partial charge in [0.2, 0.25) is 11.8 Å². The summed E-state index contributed by atoms with van der Waals surface area (Å²) in [6.45, 7) is 2.17. The number of hydrogen-bond acceptors (Lipinski definition) is 6. The Morgan fingerprint density at radius 1 is 1.11 bits per heavy atom. The fraction of sp³-hybridized carbons (Fsp3) is 0.433. The summed E-state index contributed by atoms with van der Waals surface area (Å²) in [6.07, 6.45) is 5.93. The summed E-state index contributed by atoms with van der Waals surface area (Å²) in [7, 11) is 0. The minimum absolute atomic E-state index is 0.00684. The third kappa shape index (κ3) is 10.4. The molecule has 3 atom stereocenters. The Hall–Kier alpha value is -3.65. The molecule has 1 aliphatic rings. The van der Waals surface area contributed by atoms with Crippen LogP contribution in [0, 0.1) is 5.92 Å². The first-order valence-corrected chi connectivity index (χ1v) is 13.2. The van der Waals surface area contributed by atoms with Crippen LogP contribution >= 0.6 is 0 Å². The van der Waals surface area contributed by atoms with Crippen molar-refractivity contribution in [3.63, 3.8) is 0 Å². The number of allylic oxidation sites excluding steroid dienone is 2. The van der Waals surface area contributed by atoms with E-state index < -0.39 is 18.1 Å². The highest BCUT2D eigenvalue weighted by molar-refractivity contribution is 5.86. The molecule has 0 radical (unpaired) electrons. The second-order valence-corrected chi connectivity index (χ2v) is 9.62. The third-order valence-electron chi connectivity index (χ3n) is 6.28. The summed E-state index contributed by atoms with van der Waals surface area (Å²) in [5, 5.41) is 15.5. The molecule has 0 bridgehead atoms. The van der Waals surface area contributed by atoms with Crippen LogP contribution in [0.1, 0.15) is 50.2 Å².